The van der Waals surface area contributed by atoms with E-state index in [2.05, 4.69) is 16.7 Å². The third-order valence-electron chi connectivity index (χ3n) is 7.36. The van der Waals surface area contributed by atoms with E-state index in [0.29, 0.717) is 6.42 Å². The fourth-order valence-corrected chi connectivity index (χ4v) is 5.66. The maximum atomic E-state index is 13.3. The standard InChI is InChI=1S/C29H32N4O5/c1-29(2,3)38-28(36)33-23-10-8-20(14-23)25(33)26(34)31-22(15-30)12-17-4-6-18(7-5-17)19-9-11-24-21(13-19)16-37-27(35)32-24/h4-7,9,11,13,20,22-23,25H,8,10,12,14,16H2,1-3H3,(H,31,34)(H,32,35)/t20-,22-,23+,25-/m0/s1. The number of piperidine rings is 1. The molecule has 1 saturated heterocycles. The molecule has 2 N–H and O–H groups in total. The van der Waals surface area contributed by atoms with Gasteiger partial charge in [-0.2, -0.15) is 5.26 Å². The molecule has 1 aliphatic carbocycles. The molecule has 2 aromatic carbocycles. The summed E-state index contributed by atoms with van der Waals surface area (Å²) in [6.07, 6.45) is 1.98. The summed E-state index contributed by atoms with van der Waals surface area (Å²) < 4.78 is 10.6. The van der Waals surface area contributed by atoms with Crippen molar-refractivity contribution >= 4 is 23.8 Å². The predicted octanol–water partition coefficient (Wildman–Crippen LogP) is 4.75. The van der Waals surface area contributed by atoms with Crippen LogP contribution in [0.2, 0.25) is 0 Å². The number of nitrogens with one attached hydrogen (secondary N) is 2. The Morgan fingerprint density at radius 2 is 1.92 bits per heavy atom. The summed E-state index contributed by atoms with van der Waals surface area (Å²) in [4.78, 5) is 39.2. The van der Waals surface area contributed by atoms with E-state index in [0.717, 1.165) is 47.2 Å². The summed E-state index contributed by atoms with van der Waals surface area (Å²) in [7, 11) is 0. The molecule has 9 nitrogen and oxygen atoms in total. The van der Waals surface area contributed by atoms with Gasteiger partial charge in [0.15, 0.2) is 0 Å². The number of cyclic esters (lactones) is 1. The van der Waals surface area contributed by atoms with Crippen LogP contribution in [0.3, 0.4) is 0 Å². The first-order chi connectivity index (χ1) is 18.1. The van der Waals surface area contributed by atoms with Crippen molar-refractivity contribution in [2.45, 2.75) is 76.8 Å². The normalized spacial score (nSPS) is 22.5. The third kappa shape index (κ3) is 5.30. The molecular formula is C29H32N4O5. The number of amides is 3. The average Bonchev–Trinajstić information content (AvgIpc) is 3.49. The van der Waals surface area contributed by atoms with Crippen molar-refractivity contribution in [3.8, 4) is 17.2 Å². The molecular weight excluding hydrogens is 484 g/mol. The van der Waals surface area contributed by atoms with Crippen LogP contribution in [0.15, 0.2) is 42.5 Å². The van der Waals surface area contributed by atoms with Crippen LogP contribution in [0.5, 0.6) is 0 Å². The number of rotatable bonds is 5. The Labute approximate surface area is 222 Å². The molecule has 4 atom stereocenters. The summed E-state index contributed by atoms with van der Waals surface area (Å²) in [6.45, 7) is 5.66. The molecule has 38 heavy (non-hydrogen) atoms. The Morgan fingerprint density at radius 1 is 1.18 bits per heavy atom. The Kier molecular flexibility index (Phi) is 6.74. The number of nitriles is 1. The lowest BCUT2D eigenvalue weighted by Crippen LogP contribution is -2.55. The van der Waals surface area contributed by atoms with E-state index in [4.69, 9.17) is 9.47 Å². The summed E-state index contributed by atoms with van der Waals surface area (Å²) in [6, 6.07) is 14.5. The van der Waals surface area contributed by atoms with E-state index in [1.807, 2.05) is 63.2 Å². The number of fused-ring (bicyclic) bond motifs is 3. The van der Waals surface area contributed by atoms with Crippen LogP contribution >= 0.6 is 0 Å². The number of carbonyl (C=O) groups excluding carboxylic acids is 3. The van der Waals surface area contributed by atoms with E-state index < -0.39 is 29.9 Å². The van der Waals surface area contributed by atoms with E-state index in [9.17, 15) is 19.6 Å². The second-order valence-electron chi connectivity index (χ2n) is 11.2. The van der Waals surface area contributed by atoms with Gasteiger partial charge in [-0.25, -0.2) is 9.59 Å². The number of benzene rings is 2. The second-order valence-corrected chi connectivity index (χ2v) is 11.2. The van der Waals surface area contributed by atoms with Crippen molar-refractivity contribution in [3.05, 3.63) is 53.6 Å². The van der Waals surface area contributed by atoms with Crippen molar-refractivity contribution < 1.29 is 23.9 Å². The summed E-state index contributed by atoms with van der Waals surface area (Å²) in [5.74, 6) is -0.212. The van der Waals surface area contributed by atoms with Gasteiger partial charge in [0.25, 0.3) is 0 Å². The van der Waals surface area contributed by atoms with Crippen LogP contribution in [0.25, 0.3) is 11.1 Å². The van der Waals surface area contributed by atoms with Crippen LogP contribution in [-0.4, -0.2) is 46.7 Å². The van der Waals surface area contributed by atoms with Gasteiger partial charge < -0.3 is 14.8 Å². The molecule has 2 heterocycles. The van der Waals surface area contributed by atoms with Gasteiger partial charge in [-0.3, -0.25) is 15.0 Å². The molecule has 198 valence electrons. The summed E-state index contributed by atoms with van der Waals surface area (Å²) in [5, 5.41) is 15.4. The number of ether oxygens (including phenoxy) is 2. The highest BCUT2D eigenvalue weighted by molar-refractivity contribution is 5.89. The molecule has 2 aliphatic heterocycles. The largest absolute Gasteiger partial charge is 0.444 e. The number of carbonyl (C=O) groups is 3. The van der Waals surface area contributed by atoms with E-state index >= 15 is 0 Å². The monoisotopic (exact) mass is 516 g/mol. The SMILES string of the molecule is CC(C)(C)OC(=O)N1[C@@H]2CC[C@@H](C2)[C@H]1C(=O)N[C@H](C#N)Cc1ccc(-c2ccc3c(c2)COC(=O)N3)cc1. The van der Waals surface area contributed by atoms with Crippen LogP contribution in [0.4, 0.5) is 15.3 Å². The summed E-state index contributed by atoms with van der Waals surface area (Å²) >= 11 is 0. The molecule has 2 fully saturated rings. The van der Waals surface area contributed by atoms with Crippen LogP contribution < -0.4 is 10.6 Å². The number of nitrogens with zero attached hydrogens (tertiary/aromatic N) is 2. The van der Waals surface area contributed by atoms with Gasteiger partial charge in [-0.15, -0.1) is 0 Å². The lowest BCUT2D eigenvalue weighted by Gasteiger charge is -2.35. The maximum absolute atomic E-state index is 13.3. The van der Waals surface area contributed by atoms with Crippen molar-refractivity contribution in [2.24, 2.45) is 5.92 Å². The Bertz CT molecular complexity index is 1290. The third-order valence-corrected chi connectivity index (χ3v) is 7.36. The zero-order valence-electron chi connectivity index (χ0n) is 21.8. The Hall–Kier alpha value is -4.06. The molecule has 0 radical (unpaired) electrons. The van der Waals surface area contributed by atoms with Gasteiger partial charge >= 0.3 is 12.2 Å². The average molecular weight is 517 g/mol. The van der Waals surface area contributed by atoms with E-state index in [-0.39, 0.29) is 24.5 Å². The first-order valence-electron chi connectivity index (χ1n) is 13.0. The van der Waals surface area contributed by atoms with Gasteiger partial charge in [0.1, 0.15) is 24.3 Å². The van der Waals surface area contributed by atoms with Crippen LogP contribution in [-0.2, 0) is 27.3 Å². The molecule has 1 saturated carbocycles. The maximum Gasteiger partial charge on any atom is 0.411 e. The fourth-order valence-electron chi connectivity index (χ4n) is 5.66. The molecule has 3 amide bonds. The van der Waals surface area contributed by atoms with Gasteiger partial charge in [-0.05, 0) is 74.8 Å². The minimum atomic E-state index is -0.725. The fraction of sp³-hybridized carbons (Fsp3) is 0.448. The van der Waals surface area contributed by atoms with Crippen molar-refractivity contribution in [1.82, 2.24) is 10.2 Å². The predicted molar refractivity (Wildman–Crippen MR) is 140 cm³/mol. The first kappa shape index (κ1) is 25.6. The molecule has 2 bridgehead atoms. The molecule has 2 aromatic rings. The second kappa shape index (κ2) is 10.0. The molecule has 0 aromatic heterocycles. The van der Waals surface area contributed by atoms with Gasteiger partial charge in [0.2, 0.25) is 5.91 Å². The molecule has 3 aliphatic rings. The molecule has 0 unspecified atom stereocenters. The first-order valence-corrected chi connectivity index (χ1v) is 13.0. The minimum Gasteiger partial charge on any atom is -0.444 e. The van der Waals surface area contributed by atoms with E-state index in [1.54, 1.807) is 4.90 Å². The van der Waals surface area contributed by atoms with Crippen LogP contribution in [0.1, 0.15) is 51.2 Å². The zero-order valence-corrected chi connectivity index (χ0v) is 21.8. The quantitative estimate of drug-likeness (QED) is 0.591. The lowest BCUT2D eigenvalue weighted by atomic mass is 9.96. The highest BCUT2D eigenvalue weighted by atomic mass is 16.6. The van der Waals surface area contributed by atoms with E-state index in [1.165, 1.54) is 0 Å². The van der Waals surface area contributed by atoms with Crippen LogP contribution in [0, 0.1) is 17.2 Å². The molecule has 0 spiro atoms. The lowest BCUT2D eigenvalue weighted by molar-refractivity contribution is -0.128. The molecule has 5 rings (SSSR count). The number of likely N-dealkylation sites (tertiary alicyclic amines) is 1. The van der Waals surface area contributed by atoms with Crippen molar-refractivity contribution in [2.75, 3.05) is 5.32 Å². The topological polar surface area (TPSA) is 121 Å². The van der Waals surface area contributed by atoms with Gasteiger partial charge in [-0.1, -0.05) is 30.3 Å². The summed E-state index contributed by atoms with van der Waals surface area (Å²) in [5.41, 5.74) is 3.88. The Balaban J connectivity index is 1.24. The van der Waals surface area contributed by atoms with Gasteiger partial charge in [0.05, 0.1) is 11.8 Å². The minimum absolute atomic E-state index is 0.00473. The molecule has 9 heteroatoms. The smallest absolute Gasteiger partial charge is 0.411 e. The van der Waals surface area contributed by atoms with Crippen molar-refractivity contribution in [3.63, 3.8) is 0 Å². The zero-order chi connectivity index (χ0) is 27.0. The number of hydrogen-bond donors (Lipinski definition) is 2. The highest BCUT2D eigenvalue weighted by Gasteiger charge is 2.52. The highest BCUT2D eigenvalue weighted by Crippen LogP contribution is 2.43. The van der Waals surface area contributed by atoms with Gasteiger partial charge in [0, 0.05) is 18.0 Å². The van der Waals surface area contributed by atoms with Crippen molar-refractivity contribution in [1.29, 1.82) is 5.26 Å². The Morgan fingerprint density at radius 3 is 2.63 bits per heavy atom. The number of hydrogen-bond acceptors (Lipinski definition) is 6. The number of anilines is 1.